The normalized spacial score (nSPS) is 13.8. The van der Waals surface area contributed by atoms with Gasteiger partial charge < -0.3 is 19.5 Å². The second-order valence-corrected chi connectivity index (χ2v) is 12.1. The van der Waals surface area contributed by atoms with Crippen LogP contribution in [-0.4, -0.2) is 67.8 Å². The molecule has 5 aromatic rings. The number of amides is 2. The van der Waals surface area contributed by atoms with Crippen molar-refractivity contribution in [2.45, 2.75) is 18.7 Å². The first kappa shape index (κ1) is 28.2. The summed E-state index contributed by atoms with van der Waals surface area (Å²) in [5.74, 6) is 0.0767. The Hall–Kier alpha value is -4.97. The van der Waals surface area contributed by atoms with Gasteiger partial charge in [-0.2, -0.15) is 0 Å². The van der Waals surface area contributed by atoms with Gasteiger partial charge in [-0.15, -0.1) is 0 Å². The molecule has 2 N–H and O–H groups in total. The zero-order valence-corrected chi connectivity index (χ0v) is 24.5. The lowest BCUT2D eigenvalue weighted by Gasteiger charge is -2.35. The molecule has 43 heavy (non-hydrogen) atoms. The first-order valence-corrected chi connectivity index (χ1v) is 15.3. The largest absolute Gasteiger partial charge is 0.450 e. The summed E-state index contributed by atoms with van der Waals surface area (Å²) in [5, 5.41) is 3.60. The van der Waals surface area contributed by atoms with E-state index in [0.717, 1.165) is 22.0 Å². The van der Waals surface area contributed by atoms with Gasteiger partial charge in [0.15, 0.2) is 11.4 Å². The van der Waals surface area contributed by atoms with Crippen LogP contribution in [0, 0.1) is 13.8 Å². The number of anilines is 2. The van der Waals surface area contributed by atoms with E-state index < -0.39 is 15.9 Å². The van der Waals surface area contributed by atoms with Crippen LogP contribution >= 0.6 is 0 Å². The van der Waals surface area contributed by atoms with Crippen molar-refractivity contribution in [2.24, 2.45) is 0 Å². The molecule has 0 unspecified atom stereocenters. The van der Waals surface area contributed by atoms with Gasteiger partial charge in [-0.1, -0.05) is 29.8 Å². The number of para-hydroxylation sites is 1. The Kier molecular flexibility index (Phi) is 7.45. The summed E-state index contributed by atoms with van der Waals surface area (Å²) in [6.45, 7) is 5.54. The molecule has 2 aromatic heterocycles. The molecule has 0 spiro atoms. The van der Waals surface area contributed by atoms with Crippen molar-refractivity contribution in [3.63, 3.8) is 0 Å². The number of sulfonamides is 1. The zero-order chi connectivity index (χ0) is 30.1. The molecule has 2 amide bonds. The maximum atomic E-state index is 12.9. The van der Waals surface area contributed by atoms with Crippen molar-refractivity contribution in [2.75, 3.05) is 42.3 Å². The van der Waals surface area contributed by atoms with Crippen LogP contribution in [0.5, 0.6) is 0 Å². The topological polar surface area (TPSA) is 138 Å². The fraction of sp³-hybridized carbons (Fsp3) is 0.226. The Morgan fingerprint density at radius 3 is 2.42 bits per heavy atom. The van der Waals surface area contributed by atoms with Gasteiger partial charge in [0, 0.05) is 42.8 Å². The highest BCUT2D eigenvalue weighted by Gasteiger charge is 2.25. The molecule has 0 bridgehead atoms. The quantitative estimate of drug-likeness (QED) is 0.288. The molecule has 0 aliphatic carbocycles. The van der Waals surface area contributed by atoms with E-state index in [1.165, 1.54) is 30.6 Å². The van der Waals surface area contributed by atoms with Gasteiger partial charge in [0.2, 0.25) is 5.91 Å². The number of carbonyl (C=O) groups excluding carboxylic acids is 2. The van der Waals surface area contributed by atoms with Crippen molar-refractivity contribution in [1.29, 1.82) is 0 Å². The molecule has 0 saturated carbocycles. The second-order valence-electron chi connectivity index (χ2n) is 10.5. The lowest BCUT2D eigenvalue weighted by Crippen LogP contribution is -2.51. The number of nitrogens with one attached hydrogen (secondary N) is 2. The Balaban J connectivity index is 1.02. The predicted octanol–water partition coefficient (Wildman–Crippen LogP) is 3.87. The van der Waals surface area contributed by atoms with E-state index in [9.17, 15) is 18.0 Å². The minimum absolute atomic E-state index is 0.152. The van der Waals surface area contributed by atoms with E-state index in [-0.39, 0.29) is 17.3 Å². The first-order valence-electron chi connectivity index (χ1n) is 13.8. The molecule has 1 saturated heterocycles. The fourth-order valence-electron chi connectivity index (χ4n) is 5.27. The highest BCUT2D eigenvalue weighted by molar-refractivity contribution is 7.92. The van der Waals surface area contributed by atoms with E-state index in [1.807, 2.05) is 31.2 Å². The Labute approximate surface area is 248 Å². The number of fused-ring (bicyclic) bond motifs is 3. The van der Waals surface area contributed by atoms with Gasteiger partial charge in [-0.3, -0.25) is 14.3 Å². The number of nitrogens with zero attached hydrogens (tertiary/aromatic N) is 4. The smallest absolute Gasteiger partial charge is 0.262 e. The lowest BCUT2D eigenvalue weighted by molar-refractivity contribution is -0.130. The molecule has 1 fully saturated rings. The van der Waals surface area contributed by atoms with Gasteiger partial charge in [0.05, 0.1) is 11.4 Å². The molecule has 0 atom stereocenters. The summed E-state index contributed by atoms with van der Waals surface area (Å²) in [7, 11) is -3.78. The first-order chi connectivity index (χ1) is 20.7. The maximum Gasteiger partial charge on any atom is 0.262 e. The average Bonchev–Trinajstić information content (AvgIpc) is 3.39. The molecular weight excluding hydrogens is 568 g/mol. The number of piperazine rings is 1. The van der Waals surface area contributed by atoms with E-state index in [4.69, 9.17) is 4.42 Å². The van der Waals surface area contributed by atoms with Crippen molar-refractivity contribution < 1.29 is 22.4 Å². The van der Waals surface area contributed by atoms with Crippen LogP contribution in [0.4, 0.5) is 11.5 Å². The molecule has 11 nitrogen and oxygen atoms in total. The summed E-state index contributed by atoms with van der Waals surface area (Å²) in [6, 6.07) is 18.9. The number of rotatable bonds is 7. The average molecular weight is 599 g/mol. The number of hydrogen-bond donors (Lipinski definition) is 2. The van der Waals surface area contributed by atoms with Crippen LogP contribution in [0.3, 0.4) is 0 Å². The summed E-state index contributed by atoms with van der Waals surface area (Å²) < 4.78 is 34.3. The maximum absolute atomic E-state index is 12.9. The van der Waals surface area contributed by atoms with Gasteiger partial charge in [0.1, 0.15) is 17.4 Å². The van der Waals surface area contributed by atoms with E-state index in [0.29, 0.717) is 54.4 Å². The number of carbonyl (C=O) groups is 2. The third-order valence-corrected chi connectivity index (χ3v) is 9.03. The van der Waals surface area contributed by atoms with Crippen molar-refractivity contribution in [1.82, 2.24) is 20.2 Å². The van der Waals surface area contributed by atoms with Gasteiger partial charge in [-0.25, -0.2) is 18.4 Å². The Bertz CT molecular complexity index is 1950. The fourth-order valence-corrected chi connectivity index (χ4v) is 6.56. The van der Waals surface area contributed by atoms with Crippen molar-refractivity contribution in [3.8, 4) is 0 Å². The monoisotopic (exact) mass is 598 g/mol. The summed E-state index contributed by atoms with van der Waals surface area (Å²) >= 11 is 0. The summed E-state index contributed by atoms with van der Waals surface area (Å²) in [4.78, 5) is 38.4. The Morgan fingerprint density at radius 1 is 0.930 bits per heavy atom. The zero-order valence-electron chi connectivity index (χ0n) is 23.7. The SMILES string of the molecule is Cc1ccc(S(=O)(=O)Nc2ccc(C(=O)NCC(=O)N3CCN(c4ncnc5c4oc4ccccc45)CC3)cc2)c(C)c1. The number of aromatic nitrogens is 2. The third-order valence-electron chi connectivity index (χ3n) is 7.49. The molecule has 0 radical (unpaired) electrons. The molecular formula is C31H30N6O5S. The number of hydrogen-bond acceptors (Lipinski definition) is 8. The molecule has 3 heterocycles. The van der Waals surface area contributed by atoms with Crippen LogP contribution in [0.1, 0.15) is 21.5 Å². The highest BCUT2D eigenvalue weighted by Crippen LogP contribution is 2.32. The Morgan fingerprint density at radius 2 is 1.67 bits per heavy atom. The molecule has 3 aromatic carbocycles. The van der Waals surface area contributed by atoms with E-state index in [2.05, 4.69) is 24.9 Å². The number of furan rings is 1. The van der Waals surface area contributed by atoms with Gasteiger partial charge in [0.25, 0.3) is 15.9 Å². The minimum Gasteiger partial charge on any atom is -0.450 e. The molecule has 12 heteroatoms. The number of aryl methyl sites for hydroxylation is 2. The van der Waals surface area contributed by atoms with Crippen LogP contribution in [0.15, 0.2) is 82.4 Å². The highest BCUT2D eigenvalue weighted by atomic mass is 32.2. The second kappa shape index (κ2) is 11.4. The van der Waals surface area contributed by atoms with Crippen molar-refractivity contribution >= 4 is 55.4 Å². The van der Waals surface area contributed by atoms with Gasteiger partial charge in [-0.05, 0) is 61.9 Å². The van der Waals surface area contributed by atoms with Gasteiger partial charge >= 0.3 is 0 Å². The van der Waals surface area contributed by atoms with Crippen molar-refractivity contribution in [3.05, 3.63) is 89.7 Å². The molecule has 6 rings (SSSR count). The van der Waals surface area contributed by atoms with Crippen LogP contribution < -0.4 is 14.9 Å². The lowest BCUT2D eigenvalue weighted by atomic mass is 10.2. The molecule has 1 aliphatic rings. The molecule has 1 aliphatic heterocycles. The number of benzene rings is 3. The predicted molar refractivity (Wildman–Crippen MR) is 164 cm³/mol. The van der Waals surface area contributed by atoms with Crippen LogP contribution in [0.2, 0.25) is 0 Å². The standard InChI is InChI=1S/C31H30N6O5S/c1-20-7-12-26(21(2)17-20)43(40,41)35-23-10-8-22(9-11-23)31(39)32-18-27(38)36-13-15-37(16-14-36)30-29-28(33-19-34-30)24-5-3-4-6-25(24)42-29/h3-12,17,19,35H,13-16,18H2,1-2H3,(H,32,39). The summed E-state index contributed by atoms with van der Waals surface area (Å²) in [6.07, 6.45) is 1.53. The van der Waals surface area contributed by atoms with Crippen LogP contribution in [0.25, 0.3) is 22.1 Å². The summed E-state index contributed by atoms with van der Waals surface area (Å²) in [5.41, 5.74) is 4.39. The van der Waals surface area contributed by atoms with E-state index >= 15 is 0 Å². The molecule has 220 valence electrons. The van der Waals surface area contributed by atoms with E-state index in [1.54, 1.807) is 30.0 Å². The minimum atomic E-state index is -3.78. The van der Waals surface area contributed by atoms with Crippen LogP contribution in [-0.2, 0) is 14.8 Å². The third kappa shape index (κ3) is 5.73.